The minimum absolute atomic E-state index is 0.0298. The van der Waals surface area contributed by atoms with Gasteiger partial charge in [-0.25, -0.2) is 4.98 Å². The van der Waals surface area contributed by atoms with E-state index in [4.69, 9.17) is 9.72 Å². The first kappa shape index (κ1) is 20.8. The van der Waals surface area contributed by atoms with Crippen LogP contribution >= 0.6 is 11.3 Å². The lowest BCUT2D eigenvalue weighted by Gasteiger charge is -2.11. The molecule has 0 spiro atoms. The van der Waals surface area contributed by atoms with Gasteiger partial charge in [0, 0.05) is 22.2 Å². The van der Waals surface area contributed by atoms with Gasteiger partial charge in [0.2, 0.25) is 0 Å². The van der Waals surface area contributed by atoms with Crippen molar-refractivity contribution in [3.05, 3.63) is 88.8 Å². The zero-order chi connectivity index (χ0) is 21.8. The number of hydrogen-bond donors (Lipinski definition) is 1. The maximum Gasteiger partial charge on any atom is 0.262 e. The van der Waals surface area contributed by atoms with E-state index in [9.17, 15) is 4.79 Å². The van der Waals surface area contributed by atoms with Gasteiger partial charge in [-0.1, -0.05) is 48.5 Å². The molecule has 5 heteroatoms. The Morgan fingerprint density at radius 1 is 0.935 bits per heavy atom. The number of aromatic nitrogens is 1. The monoisotopic (exact) mass is 428 g/mol. The van der Waals surface area contributed by atoms with Crippen molar-refractivity contribution in [2.24, 2.45) is 0 Å². The second kappa shape index (κ2) is 9.14. The molecular formula is C26H24N2O2S. The van der Waals surface area contributed by atoms with Gasteiger partial charge in [0.15, 0.2) is 6.61 Å². The quantitative estimate of drug-likeness (QED) is 0.385. The van der Waals surface area contributed by atoms with E-state index in [1.165, 1.54) is 5.56 Å². The van der Waals surface area contributed by atoms with Crippen molar-refractivity contribution in [3.8, 4) is 27.6 Å². The molecule has 1 aromatic heterocycles. The smallest absolute Gasteiger partial charge is 0.262 e. The van der Waals surface area contributed by atoms with E-state index in [1.54, 1.807) is 11.3 Å². The highest BCUT2D eigenvalue weighted by molar-refractivity contribution is 7.13. The lowest BCUT2D eigenvalue weighted by atomic mass is 10.1. The number of anilines is 1. The second-order valence-electron chi connectivity index (χ2n) is 7.47. The summed E-state index contributed by atoms with van der Waals surface area (Å²) in [5, 5.41) is 5.95. The van der Waals surface area contributed by atoms with Crippen molar-refractivity contribution >= 4 is 22.9 Å². The number of ether oxygens (including phenoxy) is 1. The van der Waals surface area contributed by atoms with Crippen LogP contribution in [0.25, 0.3) is 21.8 Å². The Hall–Kier alpha value is -3.44. The lowest BCUT2D eigenvalue weighted by molar-refractivity contribution is -0.118. The van der Waals surface area contributed by atoms with Crippen LogP contribution in [-0.2, 0) is 4.79 Å². The van der Waals surface area contributed by atoms with Crippen molar-refractivity contribution < 1.29 is 9.53 Å². The van der Waals surface area contributed by atoms with E-state index in [1.807, 2.05) is 68.4 Å². The number of carbonyl (C=O) groups excluding carboxylic acids is 1. The van der Waals surface area contributed by atoms with Gasteiger partial charge in [0.25, 0.3) is 5.91 Å². The van der Waals surface area contributed by atoms with Crippen molar-refractivity contribution in [2.75, 3.05) is 11.9 Å². The highest BCUT2D eigenvalue weighted by Crippen LogP contribution is 2.31. The number of nitrogens with one attached hydrogen (secondary N) is 1. The molecule has 4 aromatic rings. The number of nitrogens with zero attached hydrogens (tertiary/aromatic N) is 1. The van der Waals surface area contributed by atoms with Gasteiger partial charge in [-0.05, 0) is 55.7 Å². The van der Waals surface area contributed by atoms with Gasteiger partial charge in [-0.3, -0.25) is 4.79 Å². The summed E-state index contributed by atoms with van der Waals surface area (Å²) in [7, 11) is 0. The zero-order valence-electron chi connectivity index (χ0n) is 17.8. The van der Waals surface area contributed by atoms with Crippen LogP contribution in [0.15, 0.2) is 72.1 Å². The van der Waals surface area contributed by atoms with Crippen molar-refractivity contribution in [3.63, 3.8) is 0 Å². The minimum Gasteiger partial charge on any atom is -0.483 e. The summed E-state index contributed by atoms with van der Waals surface area (Å²) >= 11 is 1.64. The summed E-state index contributed by atoms with van der Waals surface area (Å²) in [6.45, 7) is 6.08. The molecule has 1 N–H and O–H groups in total. The third-order valence-electron chi connectivity index (χ3n) is 5.26. The van der Waals surface area contributed by atoms with Crippen LogP contribution in [0.2, 0.25) is 0 Å². The molecule has 0 bridgehead atoms. The molecule has 0 unspecified atom stereocenters. The van der Waals surface area contributed by atoms with Crippen LogP contribution < -0.4 is 10.1 Å². The first-order valence-electron chi connectivity index (χ1n) is 10.1. The Bertz CT molecular complexity index is 1210. The normalized spacial score (nSPS) is 10.7. The molecule has 0 saturated heterocycles. The van der Waals surface area contributed by atoms with Gasteiger partial charge in [0.05, 0.1) is 5.69 Å². The third kappa shape index (κ3) is 4.84. The molecule has 1 amide bonds. The highest BCUT2D eigenvalue weighted by atomic mass is 32.1. The van der Waals surface area contributed by atoms with E-state index in [2.05, 4.69) is 29.8 Å². The molecular weight excluding hydrogens is 404 g/mol. The zero-order valence-corrected chi connectivity index (χ0v) is 18.6. The standard InChI is InChI=1S/C26H24N2O2S/c1-17-8-6-10-24(19(17)3)30-15-25(29)27-21-13-11-20(12-14-21)23-16-31-26(28-23)22-9-5-4-7-18(22)2/h4-14,16H,15H2,1-3H3,(H,27,29). The van der Waals surface area contributed by atoms with Gasteiger partial charge in [-0.2, -0.15) is 0 Å². The van der Waals surface area contributed by atoms with Crippen molar-refractivity contribution in [1.82, 2.24) is 4.98 Å². The van der Waals surface area contributed by atoms with Crippen molar-refractivity contribution in [1.29, 1.82) is 0 Å². The molecule has 0 aliphatic rings. The highest BCUT2D eigenvalue weighted by Gasteiger charge is 2.10. The van der Waals surface area contributed by atoms with E-state index in [0.717, 1.165) is 44.4 Å². The lowest BCUT2D eigenvalue weighted by Crippen LogP contribution is -2.20. The first-order chi connectivity index (χ1) is 15.0. The summed E-state index contributed by atoms with van der Waals surface area (Å²) in [4.78, 5) is 17.1. The molecule has 0 aliphatic heterocycles. The molecule has 0 radical (unpaired) electrons. The number of carbonyl (C=O) groups is 1. The Morgan fingerprint density at radius 2 is 1.68 bits per heavy atom. The van der Waals surface area contributed by atoms with Crippen LogP contribution in [0.3, 0.4) is 0 Å². The Balaban J connectivity index is 1.39. The van der Waals surface area contributed by atoms with Crippen LogP contribution in [0, 0.1) is 20.8 Å². The van der Waals surface area contributed by atoms with Gasteiger partial charge in [0.1, 0.15) is 10.8 Å². The number of aryl methyl sites for hydroxylation is 2. The Morgan fingerprint density at radius 3 is 2.45 bits per heavy atom. The first-order valence-corrected chi connectivity index (χ1v) is 11.0. The molecule has 4 nitrogen and oxygen atoms in total. The fourth-order valence-corrected chi connectivity index (χ4v) is 4.21. The SMILES string of the molecule is Cc1ccccc1-c1nc(-c2ccc(NC(=O)COc3cccc(C)c3C)cc2)cs1. The summed E-state index contributed by atoms with van der Waals surface area (Å²) in [6, 6.07) is 21.8. The average Bonchev–Trinajstić information content (AvgIpc) is 3.26. The van der Waals surface area contributed by atoms with Gasteiger partial charge >= 0.3 is 0 Å². The largest absolute Gasteiger partial charge is 0.483 e. The number of thiazole rings is 1. The average molecular weight is 429 g/mol. The Labute approximate surface area is 186 Å². The predicted molar refractivity (Wildman–Crippen MR) is 128 cm³/mol. The summed E-state index contributed by atoms with van der Waals surface area (Å²) in [6.07, 6.45) is 0. The van der Waals surface area contributed by atoms with Crippen LogP contribution in [-0.4, -0.2) is 17.5 Å². The Kier molecular flexibility index (Phi) is 6.14. The molecule has 0 fully saturated rings. The van der Waals surface area contributed by atoms with E-state index in [0.29, 0.717) is 0 Å². The van der Waals surface area contributed by atoms with Crippen molar-refractivity contribution in [2.45, 2.75) is 20.8 Å². The molecule has 156 valence electrons. The van der Waals surface area contributed by atoms with Gasteiger partial charge in [-0.15, -0.1) is 11.3 Å². The van der Waals surface area contributed by atoms with Crippen LogP contribution in [0.1, 0.15) is 16.7 Å². The summed E-state index contributed by atoms with van der Waals surface area (Å²) in [5.41, 5.74) is 7.23. The maximum atomic E-state index is 12.3. The molecule has 0 atom stereocenters. The van der Waals surface area contributed by atoms with Crippen LogP contribution in [0.5, 0.6) is 5.75 Å². The van der Waals surface area contributed by atoms with Gasteiger partial charge < -0.3 is 10.1 Å². The fraction of sp³-hybridized carbons (Fsp3) is 0.154. The van der Waals surface area contributed by atoms with E-state index < -0.39 is 0 Å². The van der Waals surface area contributed by atoms with E-state index >= 15 is 0 Å². The summed E-state index contributed by atoms with van der Waals surface area (Å²) in [5.74, 6) is 0.544. The summed E-state index contributed by atoms with van der Waals surface area (Å²) < 4.78 is 5.68. The third-order valence-corrected chi connectivity index (χ3v) is 6.13. The maximum absolute atomic E-state index is 12.3. The predicted octanol–water partition coefficient (Wildman–Crippen LogP) is 6.42. The van der Waals surface area contributed by atoms with Crippen LogP contribution in [0.4, 0.5) is 5.69 Å². The topological polar surface area (TPSA) is 51.2 Å². The second-order valence-corrected chi connectivity index (χ2v) is 8.32. The number of rotatable bonds is 6. The fourth-order valence-electron chi connectivity index (χ4n) is 3.29. The molecule has 31 heavy (non-hydrogen) atoms. The molecule has 3 aromatic carbocycles. The molecule has 1 heterocycles. The number of hydrogen-bond acceptors (Lipinski definition) is 4. The molecule has 0 aliphatic carbocycles. The number of amides is 1. The molecule has 0 saturated carbocycles. The molecule has 4 rings (SSSR count). The minimum atomic E-state index is -0.191. The number of benzene rings is 3. The van der Waals surface area contributed by atoms with E-state index in [-0.39, 0.29) is 12.5 Å².